The van der Waals surface area contributed by atoms with E-state index in [4.69, 9.17) is 9.66 Å². The number of benzene rings is 1. The molecule has 21 heavy (non-hydrogen) atoms. The number of rotatable bonds is 7. The monoisotopic (exact) mass is 338 g/mol. The molecule has 0 heterocycles. The van der Waals surface area contributed by atoms with Gasteiger partial charge in [-0.2, -0.15) is 16.8 Å². The summed E-state index contributed by atoms with van der Waals surface area (Å²) in [5, 5.41) is 8.96. The van der Waals surface area contributed by atoms with Gasteiger partial charge in [-0.15, -0.1) is 0 Å². The highest BCUT2D eigenvalue weighted by Gasteiger charge is 2.26. The Morgan fingerprint density at radius 1 is 1.24 bits per heavy atom. The maximum Gasteiger partial charge on any atom is 0.337 e. The quantitative estimate of drug-likeness (QED) is 0.429. The van der Waals surface area contributed by atoms with Crippen LogP contribution in [0.15, 0.2) is 28.0 Å². The minimum absolute atomic E-state index is 0.159. The van der Waals surface area contributed by atoms with E-state index in [2.05, 4.69) is 4.18 Å². The number of carbonyl (C=O) groups is 1. The molecule has 0 atom stereocenters. The first-order valence-electron chi connectivity index (χ1n) is 5.84. The van der Waals surface area contributed by atoms with Gasteiger partial charge in [0.15, 0.2) is 0 Å². The highest BCUT2D eigenvalue weighted by atomic mass is 32.2. The van der Waals surface area contributed by atoms with E-state index in [1.807, 2.05) is 0 Å². The molecule has 0 unspecified atom stereocenters. The molecule has 0 spiro atoms. The van der Waals surface area contributed by atoms with Crippen molar-refractivity contribution in [1.82, 2.24) is 0 Å². The lowest BCUT2D eigenvalue weighted by atomic mass is 10.2. The third-order valence-electron chi connectivity index (χ3n) is 2.49. The molecule has 118 valence electrons. The summed E-state index contributed by atoms with van der Waals surface area (Å²) in [6.45, 7) is 1.64. The van der Waals surface area contributed by atoms with Crippen molar-refractivity contribution in [3.05, 3.63) is 23.8 Å². The van der Waals surface area contributed by atoms with Crippen molar-refractivity contribution in [2.75, 3.05) is 6.61 Å². The van der Waals surface area contributed by atoms with Crippen LogP contribution in [0.4, 0.5) is 0 Å². The Morgan fingerprint density at radius 2 is 1.86 bits per heavy atom. The topological polar surface area (TPSA) is 135 Å². The van der Waals surface area contributed by atoms with Crippen LogP contribution in [0.5, 0.6) is 0 Å². The number of hydrogen-bond donors (Lipinski definition) is 2. The van der Waals surface area contributed by atoms with Crippen LogP contribution in [-0.2, 0) is 24.4 Å². The lowest BCUT2D eigenvalue weighted by Gasteiger charge is -2.09. The summed E-state index contributed by atoms with van der Waals surface area (Å²) in [6, 6.07) is 2.13. The van der Waals surface area contributed by atoms with E-state index >= 15 is 0 Å². The van der Waals surface area contributed by atoms with E-state index in [1.165, 1.54) is 0 Å². The van der Waals surface area contributed by atoms with E-state index in [-0.39, 0.29) is 6.61 Å². The third kappa shape index (κ3) is 4.49. The van der Waals surface area contributed by atoms with Crippen LogP contribution in [0.1, 0.15) is 30.1 Å². The van der Waals surface area contributed by atoms with Crippen molar-refractivity contribution >= 4 is 26.2 Å². The second-order valence-electron chi connectivity index (χ2n) is 4.07. The van der Waals surface area contributed by atoms with Crippen LogP contribution >= 0.6 is 0 Å². The first-order valence-corrected chi connectivity index (χ1v) is 8.68. The maximum atomic E-state index is 11.9. The molecule has 0 saturated carbocycles. The third-order valence-corrected chi connectivity index (χ3v) is 4.69. The minimum atomic E-state index is -4.67. The van der Waals surface area contributed by atoms with Crippen molar-refractivity contribution < 1.29 is 35.5 Å². The zero-order chi connectivity index (χ0) is 16.3. The predicted octanol–water partition coefficient (Wildman–Crippen LogP) is 1.14. The summed E-state index contributed by atoms with van der Waals surface area (Å²) in [7, 11) is -9.11. The first kappa shape index (κ1) is 17.6. The van der Waals surface area contributed by atoms with Crippen LogP contribution in [0.25, 0.3) is 0 Å². The van der Waals surface area contributed by atoms with Gasteiger partial charge >= 0.3 is 5.97 Å². The van der Waals surface area contributed by atoms with Gasteiger partial charge in [-0.3, -0.25) is 8.74 Å². The van der Waals surface area contributed by atoms with Gasteiger partial charge in [0.2, 0.25) is 0 Å². The van der Waals surface area contributed by atoms with Crippen molar-refractivity contribution in [2.24, 2.45) is 0 Å². The Bertz CT molecular complexity index is 733. The number of carboxylic acids is 1. The molecule has 0 bridgehead atoms. The van der Waals surface area contributed by atoms with Gasteiger partial charge in [0.05, 0.1) is 17.1 Å². The fourth-order valence-corrected chi connectivity index (χ4v) is 3.16. The number of aromatic carboxylic acids is 1. The van der Waals surface area contributed by atoms with Gasteiger partial charge in [-0.05, 0) is 24.6 Å². The molecule has 0 aliphatic rings. The molecule has 2 N–H and O–H groups in total. The molecule has 1 aromatic carbocycles. The minimum Gasteiger partial charge on any atom is -0.478 e. The fourth-order valence-electron chi connectivity index (χ4n) is 1.42. The second kappa shape index (κ2) is 6.52. The highest BCUT2D eigenvalue weighted by Crippen LogP contribution is 2.23. The van der Waals surface area contributed by atoms with Crippen molar-refractivity contribution in [3.63, 3.8) is 0 Å². The second-order valence-corrected chi connectivity index (χ2v) is 7.07. The average molecular weight is 338 g/mol. The molecule has 10 heteroatoms. The molecule has 1 rings (SSSR count). The summed E-state index contributed by atoms with van der Waals surface area (Å²) >= 11 is 0. The molecule has 0 amide bonds. The zero-order valence-corrected chi connectivity index (χ0v) is 12.6. The predicted molar refractivity (Wildman–Crippen MR) is 71.3 cm³/mol. The summed E-state index contributed by atoms with van der Waals surface area (Å²) < 4.78 is 59.5. The van der Waals surface area contributed by atoms with Crippen LogP contribution in [0, 0.1) is 0 Å². The van der Waals surface area contributed by atoms with Crippen molar-refractivity contribution in [1.29, 1.82) is 0 Å². The Morgan fingerprint density at radius 3 is 2.33 bits per heavy atom. The lowest BCUT2D eigenvalue weighted by molar-refractivity contribution is 0.0692. The fraction of sp³-hybridized carbons (Fsp3) is 0.364. The van der Waals surface area contributed by atoms with E-state index in [0.717, 1.165) is 12.1 Å². The molecule has 8 nitrogen and oxygen atoms in total. The standard InChI is InChI=1S/C11H14O8S2/c1-2-3-6-19-21(17,18)10-7-8(20(14,15)16)4-5-9(10)11(12)13/h4-5,7H,2-3,6H2,1H3,(H,12,13)(H,14,15,16). The molecule has 0 aliphatic carbocycles. The molecule has 0 saturated heterocycles. The molecule has 0 aromatic heterocycles. The molecule has 0 fully saturated rings. The van der Waals surface area contributed by atoms with E-state index in [0.29, 0.717) is 18.9 Å². The van der Waals surface area contributed by atoms with Crippen molar-refractivity contribution in [2.45, 2.75) is 29.6 Å². The maximum absolute atomic E-state index is 11.9. The SMILES string of the molecule is CCCCOS(=O)(=O)c1cc(S(=O)(=O)O)ccc1C(=O)O. The van der Waals surface area contributed by atoms with E-state index in [1.54, 1.807) is 6.92 Å². The molecule has 1 aromatic rings. The largest absolute Gasteiger partial charge is 0.478 e. The van der Waals surface area contributed by atoms with Crippen LogP contribution < -0.4 is 0 Å². The summed E-state index contributed by atoms with van der Waals surface area (Å²) in [4.78, 5) is 9.48. The highest BCUT2D eigenvalue weighted by molar-refractivity contribution is 7.87. The summed E-state index contributed by atoms with van der Waals surface area (Å²) in [6.07, 6.45) is 1.09. The summed E-state index contributed by atoms with van der Waals surface area (Å²) in [5.41, 5.74) is -0.640. The molecule has 0 aliphatic heterocycles. The Labute approximate surface area is 122 Å². The van der Waals surface area contributed by atoms with Gasteiger partial charge in [0, 0.05) is 0 Å². The van der Waals surface area contributed by atoms with Crippen molar-refractivity contribution in [3.8, 4) is 0 Å². The molecular formula is C11H14O8S2. The lowest BCUT2D eigenvalue weighted by Crippen LogP contribution is -2.14. The number of hydrogen-bond acceptors (Lipinski definition) is 6. The number of unbranched alkanes of at least 4 members (excludes halogenated alkanes) is 1. The van der Waals surface area contributed by atoms with E-state index < -0.39 is 41.6 Å². The van der Waals surface area contributed by atoms with Crippen LogP contribution in [-0.4, -0.2) is 39.1 Å². The Hall–Kier alpha value is -1.49. The summed E-state index contributed by atoms with van der Waals surface area (Å²) in [5.74, 6) is -1.56. The van der Waals surface area contributed by atoms with Gasteiger partial charge in [-0.1, -0.05) is 13.3 Å². The average Bonchev–Trinajstić information content (AvgIpc) is 2.37. The van der Waals surface area contributed by atoms with Crippen LogP contribution in [0.2, 0.25) is 0 Å². The Kier molecular flexibility index (Phi) is 5.45. The smallest absolute Gasteiger partial charge is 0.337 e. The molecule has 0 radical (unpaired) electrons. The molecular weight excluding hydrogens is 324 g/mol. The zero-order valence-electron chi connectivity index (χ0n) is 11.0. The normalized spacial score (nSPS) is 12.3. The van der Waals surface area contributed by atoms with Gasteiger partial charge in [0.25, 0.3) is 20.2 Å². The number of carboxylic acid groups (broad SMARTS) is 1. The Balaban J connectivity index is 3.40. The van der Waals surface area contributed by atoms with Gasteiger partial charge in [-0.25, -0.2) is 4.79 Å². The van der Waals surface area contributed by atoms with Crippen LogP contribution in [0.3, 0.4) is 0 Å². The first-order chi connectivity index (χ1) is 9.59. The van der Waals surface area contributed by atoms with Gasteiger partial charge < -0.3 is 5.11 Å². The van der Waals surface area contributed by atoms with Gasteiger partial charge in [0.1, 0.15) is 4.90 Å². The van der Waals surface area contributed by atoms with E-state index in [9.17, 15) is 21.6 Å².